The fourth-order valence-corrected chi connectivity index (χ4v) is 1.03. The van der Waals surface area contributed by atoms with Crippen LogP contribution in [0.4, 0.5) is 0 Å². The van der Waals surface area contributed by atoms with Crippen LogP contribution in [0, 0.1) is 0 Å². The number of rotatable bonds is 1. The molecule has 3 heteroatoms. The minimum Gasteiger partial charge on any atom is -0.506 e. The number of aliphatic hydroxyl groups is 1. The molecule has 3 nitrogen and oxygen atoms in total. The first-order chi connectivity index (χ1) is 5.95. The average molecular weight is 181 g/mol. The molecule has 0 fully saturated rings. The fourth-order valence-electron chi connectivity index (χ4n) is 1.03. The Balaban J connectivity index is 3.14. The lowest BCUT2D eigenvalue weighted by Crippen LogP contribution is -2.14. The Morgan fingerprint density at radius 2 is 1.92 bits per heavy atom. The Bertz CT molecular complexity index is 302. The summed E-state index contributed by atoms with van der Waals surface area (Å²) in [5, 5.41) is 18.2. The standard InChI is InChI=1S/C10H15NO2/c1-10(2,3)9-5-4-8(13)7(6-12)11-9/h4-5,12-13H,6H2,1-3H3. The van der Waals surface area contributed by atoms with E-state index in [2.05, 4.69) is 4.98 Å². The van der Waals surface area contributed by atoms with Crippen LogP contribution in [0.5, 0.6) is 5.75 Å². The van der Waals surface area contributed by atoms with Gasteiger partial charge in [-0.05, 0) is 12.1 Å². The Labute approximate surface area is 78.1 Å². The summed E-state index contributed by atoms with van der Waals surface area (Å²) in [5.74, 6) is 0.0514. The number of hydrogen-bond donors (Lipinski definition) is 2. The third-order valence-electron chi connectivity index (χ3n) is 1.87. The van der Waals surface area contributed by atoms with E-state index < -0.39 is 0 Å². The zero-order valence-corrected chi connectivity index (χ0v) is 8.20. The smallest absolute Gasteiger partial charge is 0.139 e. The number of pyridine rings is 1. The second kappa shape index (κ2) is 3.34. The molecule has 1 heterocycles. The molecule has 0 radical (unpaired) electrons. The second-order valence-corrected chi connectivity index (χ2v) is 4.07. The highest BCUT2D eigenvalue weighted by Crippen LogP contribution is 2.23. The van der Waals surface area contributed by atoms with Gasteiger partial charge in [-0.25, -0.2) is 0 Å². The minimum absolute atomic E-state index is 0.0514. The van der Waals surface area contributed by atoms with Crippen LogP contribution in [0.25, 0.3) is 0 Å². The van der Waals surface area contributed by atoms with Crippen LogP contribution < -0.4 is 0 Å². The summed E-state index contributed by atoms with van der Waals surface area (Å²) in [6.45, 7) is 5.88. The third kappa shape index (κ3) is 2.18. The van der Waals surface area contributed by atoms with E-state index in [9.17, 15) is 5.11 Å². The molecular formula is C10H15NO2. The molecule has 0 spiro atoms. The Morgan fingerprint density at radius 1 is 1.31 bits per heavy atom. The largest absolute Gasteiger partial charge is 0.506 e. The van der Waals surface area contributed by atoms with Gasteiger partial charge < -0.3 is 10.2 Å². The maximum absolute atomic E-state index is 9.28. The molecule has 13 heavy (non-hydrogen) atoms. The molecule has 72 valence electrons. The predicted octanol–water partition coefficient (Wildman–Crippen LogP) is 1.58. The van der Waals surface area contributed by atoms with Crippen molar-refractivity contribution in [3.05, 3.63) is 23.5 Å². The summed E-state index contributed by atoms with van der Waals surface area (Å²) < 4.78 is 0. The molecule has 0 amide bonds. The monoisotopic (exact) mass is 181 g/mol. The molecule has 0 unspecified atom stereocenters. The molecule has 2 N–H and O–H groups in total. The highest BCUT2D eigenvalue weighted by molar-refractivity contribution is 5.29. The van der Waals surface area contributed by atoms with Crippen LogP contribution in [-0.4, -0.2) is 15.2 Å². The molecule has 0 aliphatic carbocycles. The number of aliphatic hydroxyl groups excluding tert-OH is 1. The van der Waals surface area contributed by atoms with Gasteiger partial charge >= 0.3 is 0 Å². The van der Waals surface area contributed by atoms with Crippen LogP contribution in [0.3, 0.4) is 0 Å². The molecule has 0 bridgehead atoms. The van der Waals surface area contributed by atoms with Crippen LogP contribution in [0.2, 0.25) is 0 Å². The van der Waals surface area contributed by atoms with Crippen LogP contribution in [-0.2, 0) is 12.0 Å². The van der Waals surface area contributed by atoms with Gasteiger partial charge in [0.05, 0.1) is 6.61 Å². The van der Waals surface area contributed by atoms with Crippen LogP contribution in [0.15, 0.2) is 12.1 Å². The van der Waals surface area contributed by atoms with Crippen LogP contribution in [0.1, 0.15) is 32.2 Å². The van der Waals surface area contributed by atoms with E-state index in [4.69, 9.17) is 5.11 Å². The Hall–Kier alpha value is -1.09. The number of aromatic hydroxyl groups is 1. The SMILES string of the molecule is CC(C)(C)c1ccc(O)c(CO)n1. The zero-order chi connectivity index (χ0) is 10.1. The number of aromatic nitrogens is 1. The van der Waals surface area contributed by atoms with E-state index >= 15 is 0 Å². The summed E-state index contributed by atoms with van der Waals surface area (Å²) in [6.07, 6.45) is 0. The van der Waals surface area contributed by atoms with Crippen molar-refractivity contribution in [3.63, 3.8) is 0 Å². The molecular weight excluding hydrogens is 166 g/mol. The highest BCUT2D eigenvalue weighted by atomic mass is 16.3. The number of nitrogens with zero attached hydrogens (tertiary/aromatic N) is 1. The van der Waals surface area contributed by atoms with E-state index in [0.717, 1.165) is 5.69 Å². The van der Waals surface area contributed by atoms with Crippen molar-refractivity contribution in [2.24, 2.45) is 0 Å². The summed E-state index contributed by atoms with van der Waals surface area (Å²) in [5.41, 5.74) is 1.15. The van der Waals surface area contributed by atoms with E-state index in [0.29, 0.717) is 5.69 Å². The third-order valence-corrected chi connectivity index (χ3v) is 1.87. The van der Waals surface area contributed by atoms with E-state index in [1.165, 1.54) is 0 Å². The Morgan fingerprint density at radius 3 is 2.38 bits per heavy atom. The van der Waals surface area contributed by atoms with Gasteiger partial charge in [-0.2, -0.15) is 0 Å². The quantitative estimate of drug-likeness (QED) is 0.691. The summed E-state index contributed by atoms with van der Waals surface area (Å²) in [7, 11) is 0. The molecule has 0 aromatic carbocycles. The van der Waals surface area contributed by atoms with Gasteiger partial charge in [0.2, 0.25) is 0 Å². The molecule has 0 aliphatic heterocycles. The molecule has 1 rings (SSSR count). The van der Waals surface area contributed by atoms with E-state index in [-0.39, 0.29) is 17.8 Å². The maximum atomic E-state index is 9.28. The molecule has 1 aromatic rings. The van der Waals surface area contributed by atoms with Gasteiger partial charge in [0.1, 0.15) is 11.4 Å². The van der Waals surface area contributed by atoms with Gasteiger partial charge in [-0.15, -0.1) is 0 Å². The minimum atomic E-state index is -0.226. The topological polar surface area (TPSA) is 53.4 Å². The Kier molecular flexibility index (Phi) is 2.57. The second-order valence-electron chi connectivity index (χ2n) is 4.07. The van der Waals surface area contributed by atoms with E-state index in [1.54, 1.807) is 12.1 Å². The summed E-state index contributed by atoms with van der Waals surface area (Å²) >= 11 is 0. The first-order valence-electron chi connectivity index (χ1n) is 4.25. The maximum Gasteiger partial charge on any atom is 0.139 e. The lowest BCUT2D eigenvalue weighted by atomic mass is 9.91. The van der Waals surface area contributed by atoms with Crippen molar-refractivity contribution in [2.75, 3.05) is 0 Å². The van der Waals surface area contributed by atoms with Crippen LogP contribution >= 0.6 is 0 Å². The van der Waals surface area contributed by atoms with Crippen molar-refractivity contribution in [2.45, 2.75) is 32.8 Å². The van der Waals surface area contributed by atoms with Crippen molar-refractivity contribution < 1.29 is 10.2 Å². The average Bonchev–Trinajstić information content (AvgIpc) is 2.03. The predicted molar refractivity (Wildman–Crippen MR) is 50.5 cm³/mol. The lowest BCUT2D eigenvalue weighted by molar-refractivity contribution is 0.269. The molecule has 1 aromatic heterocycles. The van der Waals surface area contributed by atoms with Gasteiger partial charge in [-0.1, -0.05) is 20.8 Å². The van der Waals surface area contributed by atoms with Crippen molar-refractivity contribution in [3.8, 4) is 5.75 Å². The summed E-state index contributed by atoms with van der Waals surface area (Å²) in [4.78, 5) is 4.16. The lowest BCUT2D eigenvalue weighted by Gasteiger charge is -2.18. The van der Waals surface area contributed by atoms with Gasteiger partial charge in [0.25, 0.3) is 0 Å². The number of hydrogen-bond acceptors (Lipinski definition) is 3. The molecule has 0 aliphatic rings. The van der Waals surface area contributed by atoms with Gasteiger partial charge in [0.15, 0.2) is 0 Å². The van der Waals surface area contributed by atoms with E-state index in [1.807, 2.05) is 20.8 Å². The molecule has 0 atom stereocenters. The van der Waals surface area contributed by atoms with Gasteiger partial charge in [-0.3, -0.25) is 4.98 Å². The molecule has 0 saturated heterocycles. The first-order valence-corrected chi connectivity index (χ1v) is 4.25. The van der Waals surface area contributed by atoms with Gasteiger partial charge in [0, 0.05) is 11.1 Å². The normalized spacial score (nSPS) is 11.7. The summed E-state index contributed by atoms with van der Waals surface area (Å²) in [6, 6.07) is 3.34. The van der Waals surface area contributed by atoms with Crippen molar-refractivity contribution >= 4 is 0 Å². The fraction of sp³-hybridized carbons (Fsp3) is 0.500. The van der Waals surface area contributed by atoms with Crippen molar-refractivity contribution in [1.82, 2.24) is 4.98 Å². The first kappa shape index (κ1) is 9.99. The molecule has 0 saturated carbocycles. The van der Waals surface area contributed by atoms with Crippen molar-refractivity contribution in [1.29, 1.82) is 0 Å². The highest BCUT2D eigenvalue weighted by Gasteiger charge is 2.16. The zero-order valence-electron chi connectivity index (χ0n) is 8.20.